The molecule has 0 bridgehead atoms. The van der Waals surface area contributed by atoms with Gasteiger partial charge in [0.05, 0.1) is 12.2 Å². The lowest BCUT2D eigenvalue weighted by Gasteiger charge is -2.35. The van der Waals surface area contributed by atoms with Crippen molar-refractivity contribution in [3.8, 4) is 0 Å². The minimum absolute atomic E-state index is 0.482. The lowest BCUT2D eigenvalue weighted by atomic mass is 10.3. The second kappa shape index (κ2) is 7.78. The van der Waals surface area contributed by atoms with E-state index in [1.54, 1.807) is 12.4 Å². The summed E-state index contributed by atoms with van der Waals surface area (Å²) in [6.45, 7) is 3.75. The molecule has 0 aromatic carbocycles. The second-order valence-corrected chi connectivity index (χ2v) is 6.08. The summed E-state index contributed by atoms with van der Waals surface area (Å²) in [5, 5.41) is 0. The average Bonchev–Trinajstić information content (AvgIpc) is 2.67. The van der Waals surface area contributed by atoms with Gasteiger partial charge in [0, 0.05) is 52.7 Å². The second-order valence-electron chi connectivity index (χ2n) is 6.08. The van der Waals surface area contributed by atoms with Crippen molar-refractivity contribution in [2.45, 2.75) is 6.54 Å². The van der Waals surface area contributed by atoms with Gasteiger partial charge in [0.25, 0.3) is 0 Å². The zero-order valence-electron chi connectivity index (χ0n) is 14.7. The minimum Gasteiger partial charge on any atom is -0.370 e. The highest BCUT2D eigenvalue weighted by atomic mass is 15.4. The van der Waals surface area contributed by atoms with Gasteiger partial charge in [-0.3, -0.25) is 0 Å². The van der Waals surface area contributed by atoms with E-state index >= 15 is 0 Å². The molecule has 8 heteroatoms. The van der Waals surface area contributed by atoms with Gasteiger partial charge >= 0.3 is 0 Å². The topological polar surface area (TPSA) is 86.8 Å². The molecule has 2 aromatic heterocycles. The predicted octanol–water partition coefficient (Wildman–Crippen LogP) is 0.575. The Morgan fingerprint density at radius 1 is 1.12 bits per heavy atom. The Balaban J connectivity index is 1.56. The summed E-state index contributed by atoms with van der Waals surface area (Å²) in [6.07, 6.45) is 3.53. The molecular formula is C17H24N8. The summed E-state index contributed by atoms with van der Waals surface area (Å²) >= 11 is 0. The molecule has 0 unspecified atom stereocenters. The van der Waals surface area contributed by atoms with Gasteiger partial charge in [0.1, 0.15) is 5.82 Å². The molecule has 2 aromatic rings. The summed E-state index contributed by atoms with van der Waals surface area (Å²) in [7, 11) is 3.94. The van der Waals surface area contributed by atoms with Crippen LogP contribution >= 0.6 is 0 Å². The van der Waals surface area contributed by atoms with E-state index in [0.717, 1.165) is 43.6 Å². The number of anilines is 2. The van der Waals surface area contributed by atoms with Crippen LogP contribution in [0.2, 0.25) is 0 Å². The number of rotatable bonds is 4. The maximum Gasteiger partial charge on any atom is 0.225 e. The maximum absolute atomic E-state index is 6.17. The van der Waals surface area contributed by atoms with Crippen molar-refractivity contribution in [1.29, 1.82) is 0 Å². The number of guanidine groups is 1. The third-order valence-electron chi connectivity index (χ3n) is 4.09. The minimum atomic E-state index is 0.482. The van der Waals surface area contributed by atoms with Crippen LogP contribution in [0.25, 0.3) is 0 Å². The lowest BCUT2D eigenvalue weighted by Crippen LogP contribution is -2.51. The first-order valence-corrected chi connectivity index (χ1v) is 8.33. The van der Waals surface area contributed by atoms with Gasteiger partial charge in [-0.05, 0) is 18.2 Å². The van der Waals surface area contributed by atoms with E-state index in [1.165, 1.54) is 0 Å². The van der Waals surface area contributed by atoms with Crippen LogP contribution in [-0.2, 0) is 6.54 Å². The molecule has 3 rings (SSSR count). The van der Waals surface area contributed by atoms with Crippen LogP contribution in [0.3, 0.4) is 0 Å². The molecule has 25 heavy (non-hydrogen) atoms. The molecule has 3 heterocycles. The SMILES string of the molecule is CN(C)c1cccc(CN=C(N)N2CCN(c3ncccn3)CC2)n1. The lowest BCUT2D eigenvalue weighted by molar-refractivity contribution is 0.378. The van der Waals surface area contributed by atoms with E-state index in [4.69, 9.17) is 5.73 Å². The summed E-state index contributed by atoms with van der Waals surface area (Å²) in [5.41, 5.74) is 7.07. The van der Waals surface area contributed by atoms with Crippen molar-refractivity contribution in [3.63, 3.8) is 0 Å². The quantitative estimate of drug-likeness (QED) is 0.643. The first-order chi connectivity index (χ1) is 12.1. The monoisotopic (exact) mass is 340 g/mol. The maximum atomic E-state index is 6.17. The van der Waals surface area contributed by atoms with Gasteiger partial charge in [0.15, 0.2) is 5.96 Å². The molecule has 0 atom stereocenters. The van der Waals surface area contributed by atoms with Crippen LogP contribution in [0.1, 0.15) is 5.69 Å². The molecule has 0 radical (unpaired) electrons. The van der Waals surface area contributed by atoms with Gasteiger partial charge in [0.2, 0.25) is 5.95 Å². The molecule has 8 nitrogen and oxygen atoms in total. The first kappa shape index (κ1) is 16.9. The van der Waals surface area contributed by atoms with Crippen LogP contribution in [0.5, 0.6) is 0 Å². The zero-order chi connectivity index (χ0) is 17.6. The van der Waals surface area contributed by atoms with E-state index in [0.29, 0.717) is 12.5 Å². The summed E-state index contributed by atoms with van der Waals surface area (Å²) in [4.78, 5) is 23.9. The fraction of sp³-hybridized carbons (Fsp3) is 0.412. The Morgan fingerprint density at radius 2 is 1.84 bits per heavy atom. The van der Waals surface area contributed by atoms with Crippen molar-refractivity contribution in [2.75, 3.05) is 50.1 Å². The first-order valence-electron chi connectivity index (χ1n) is 8.33. The zero-order valence-corrected chi connectivity index (χ0v) is 14.7. The fourth-order valence-corrected chi connectivity index (χ4v) is 2.66. The molecule has 0 aliphatic carbocycles. The highest BCUT2D eigenvalue weighted by molar-refractivity contribution is 5.78. The molecule has 2 N–H and O–H groups in total. The van der Waals surface area contributed by atoms with Crippen molar-refractivity contribution in [2.24, 2.45) is 10.7 Å². The Morgan fingerprint density at radius 3 is 2.52 bits per heavy atom. The van der Waals surface area contributed by atoms with Crippen LogP contribution in [-0.4, -0.2) is 66.1 Å². The highest BCUT2D eigenvalue weighted by Crippen LogP contribution is 2.11. The Bertz CT molecular complexity index is 708. The molecular weight excluding hydrogens is 316 g/mol. The summed E-state index contributed by atoms with van der Waals surface area (Å²) in [5.74, 6) is 2.25. The van der Waals surface area contributed by atoms with Crippen molar-refractivity contribution in [3.05, 3.63) is 42.4 Å². The van der Waals surface area contributed by atoms with Crippen LogP contribution in [0, 0.1) is 0 Å². The van der Waals surface area contributed by atoms with E-state index in [-0.39, 0.29) is 0 Å². The molecule has 1 aliphatic heterocycles. The third-order valence-corrected chi connectivity index (χ3v) is 4.09. The smallest absolute Gasteiger partial charge is 0.225 e. The van der Waals surface area contributed by atoms with Crippen molar-refractivity contribution >= 4 is 17.7 Å². The van der Waals surface area contributed by atoms with Crippen molar-refractivity contribution < 1.29 is 0 Å². The van der Waals surface area contributed by atoms with Gasteiger partial charge < -0.3 is 20.4 Å². The van der Waals surface area contributed by atoms with Crippen molar-refractivity contribution in [1.82, 2.24) is 19.9 Å². The number of nitrogens with zero attached hydrogens (tertiary/aromatic N) is 7. The molecule has 0 amide bonds. The average molecular weight is 340 g/mol. The van der Waals surface area contributed by atoms with E-state index < -0.39 is 0 Å². The van der Waals surface area contributed by atoms with Crippen LogP contribution in [0.4, 0.5) is 11.8 Å². The van der Waals surface area contributed by atoms with Gasteiger partial charge in [-0.2, -0.15) is 0 Å². The number of piperazine rings is 1. The Labute approximate surface area is 148 Å². The highest BCUT2D eigenvalue weighted by Gasteiger charge is 2.19. The van der Waals surface area contributed by atoms with Gasteiger partial charge in [-0.25, -0.2) is 19.9 Å². The normalized spacial score (nSPS) is 15.4. The van der Waals surface area contributed by atoms with Gasteiger partial charge in [-0.15, -0.1) is 0 Å². The van der Waals surface area contributed by atoms with E-state index in [9.17, 15) is 0 Å². The molecule has 1 aliphatic rings. The summed E-state index contributed by atoms with van der Waals surface area (Å²) in [6, 6.07) is 7.75. The molecule has 1 fully saturated rings. The predicted molar refractivity (Wildman–Crippen MR) is 99.7 cm³/mol. The molecule has 0 saturated carbocycles. The Hall–Kier alpha value is -2.90. The molecule has 1 saturated heterocycles. The Kier molecular flexibility index (Phi) is 5.27. The number of pyridine rings is 1. The largest absolute Gasteiger partial charge is 0.370 e. The number of hydrogen-bond acceptors (Lipinski definition) is 6. The van der Waals surface area contributed by atoms with Crippen LogP contribution in [0.15, 0.2) is 41.7 Å². The molecule has 132 valence electrons. The van der Waals surface area contributed by atoms with Crippen LogP contribution < -0.4 is 15.5 Å². The van der Waals surface area contributed by atoms with E-state index in [2.05, 4.69) is 29.7 Å². The van der Waals surface area contributed by atoms with E-state index in [1.807, 2.05) is 43.3 Å². The number of hydrogen-bond donors (Lipinski definition) is 1. The number of aromatic nitrogens is 3. The fourth-order valence-electron chi connectivity index (χ4n) is 2.66. The van der Waals surface area contributed by atoms with Gasteiger partial charge in [-0.1, -0.05) is 6.07 Å². The molecule has 0 spiro atoms. The summed E-state index contributed by atoms with van der Waals surface area (Å²) < 4.78 is 0. The number of nitrogens with two attached hydrogens (primary N) is 1. The standard InChI is InChI=1S/C17H24N8/c1-23(2)15-6-3-5-14(22-15)13-21-16(18)24-9-11-25(12-10-24)17-19-7-4-8-20-17/h3-8H,9-13H2,1-2H3,(H2,18,21). The number of aliphatic imine (C=N–C) groups is 1. The third kappa shape index (κ3) is 4.34.